The van der Waals surface area contributed by atoms with Gasteiger partial charge >= 0.3 is 0 Å². The van der Waals surface area contributed by atoms with Gasteiger partial charge in [-0.05, 0) is 47.3 Å². The van der Waals surface area contributed by atoms with Crippen LogP contribution in [-0.2, 0) is 0 Å². The number of Topliss-reactive ketones (excluding diaryl/α,β-unsaturated/α-hetero) is 1. The van der Waals surface area contributed by atoms with Crippen molar-refractivity contribution in [3.63, 3.8) is 0 Å². The second-order valence-electron chi connectivity index (χ2n) is 3.60. The van der Waals surface area contributed by atoms with Gasteiger partial charge in [0.1, 0.15) is 0 Å². The molecule has 0 unspecified atom stereocenters. The van der Waals surface area contributed by atoms with Gasteiger partial charge in [0.15, 0.2) is 5.78 Å². The number of H-pyrrole nitrogens is 1. The highest BCUT2D eigenvalue weighted by Gasteiger charge is 2.11. The summed E-state index contributed by atoms with van der Waals surface area (Å²) in [7, 11) is 0. The van der Waals surface area contributed by atoms with Crippen molar-refractivity contribution in [3.8, 4) is 0 Å². The van der Waals surface area contributed by atoms with Gasteiger partial charge < -0.3 is 10.3 Å². The number of carbonyl (C=O) groups is 1. The lowest BCUT2D eigenvalue weighted by Gasteiger charge is -2.00. The summed E-state index contributed by atoms with van der Waals surface area (Å²) in [5.74, 6) is 0.134. The molecule has 0 aliphatic heterocycles. The zero-order valence-corrected chi connectivity index (χ0v) is 11.2. The Balaban J connectivity index is 2.37. The lowest BCUT2D eigenvalue weighted by molar-refractivity contribution is 0.0993. The first-order chi connectivity index (χ1) is 7.72. The van der Waals surface area contributed by atoms with Crippen LogP contribution in [0.25, 0.3) is 10.9 Å². The van der Waals surface area contributed by atoms with E-state index in [1.807, 2.05) is 25.1 Å². The van der Waals surface area contributed by atoms with Gasteiger partial charge in [0.05, 0.1) is 6.54 Å². The van der Waals surface area contributed by atoms with E-state index in [9.17, 15) is 4.79 Å². The third-order valence-electron chi connectivity index (χ3n) is 2.48. The molecule has 84 valence electrons. The van der Waals surface area contributed by atoms with Gasteiger partial charge in [-0.25, -0.2) is 0 Å². The fourth-order valence-electron chi connectivity index (χ4n) is 1.66. The number of hydrogen-bond acceptors (Lipinski definition) is 2. The summed E-state index contributed by atoms with van der Waals surface area (Å²) in [6, 6.07) is 6.06. The molecule has 2 aromatic rings. The minimum Gasteiger partial charge on any atom is -0.360 e. The highest BCUT2D eigenvalue weighted by atomic mass is 127. The maximum atomic E-state index is 11.9. The topological polar surface area (TPSA) is 44.9 Å². The largest absolute Gasteiger partial charge is 0.360 e. The zero-order chi connectivity index (χ0) is 11.5. The van der Waals surface area contributed by atoms with Crippen LogP contribution in [0.5, 0.6) is 0 Å². The normalized spacial score (nSPS) is 10.9. The number of rotatable bonds is 4. The van der Waals surface area contributed by atoms with Crippen molar-refractivity contribution in [1.29, 1.82) is 0 Å². The number of fused-ring (bicyclic) bond motifs is 1. The van der Waals surface area contributed by atoms with Crippen molar-refractivity contribution < 1.29 is 4.79 Å². The summed E-state index contributed by atoms with van der Waals surface area (Å²) >= 11 is 2.25. The Morgan fingerprint density at radius 1 is 1.50 bits per heavy atom. The van der Waals surface area contributed by atoms with Gasteiger partial charge in [-0.2, -0.15) is 0 Å². The molecule has 1 aromatic carbocycles. The summed E-state index contributed by atoms with van der Waals surface area (Å²) in [6.45, 7) is 3.20. The molecule has 16 heavy (non-hydrogen) atoms. The highest BCUT2D eigenvalue weighted by molar-refractivity contribution is 14.1. The molecule has 0 bridgehead atoms. The smallest absolute Gasteiger partial charge is 0.178 e. The monoisotopic (exact) mass is 328 g/mol. The molecule has 0 spiro atoms. The Morgan fingerprint density at radius 2 is 2.31 bits per heavy atom. The first kappa shape index (κ1) is 11.6. The van der Waals surface area contributed by atoms with E-state index in [1.54, 1.807) is 6.20 Å². The third-order valence-corrected chi connectivity index (χ3v) is 3.15. The first-order valence-electron chi connectivity index (χ1n) is 5.23. The number of halogens is 1. The molecule has 0 aliphatic carbocycles. The quantitative estimate of drug-likeness (QED) is 0.669. The Bertz CT molecular complexity index is 519. The van der Waals surface area contributed by atoms with Crippen molar-refractivity contribution in [2.45, 2.75) is 6.92 Å². The average molecular weight is 328 g/mol. The first-order valence-corrected chi connectivity index (χ1v) is 6.31. The molecule has 3 nitrogen and oxygen atoms in total. The third kappa shape index (κ3) is 2.27. The number of hydrogen-bond donors (Lipinski definition) is 2. The van der Waals surface area contributed by atoms with Crippen molar-refractivity contribution in [2.75, 3.05) is 13.1 Å². The molecule has 2 rings (SSSR count). The molecule has 0 saturated carbocycles. The minimum atomic E-state index is 0.134. The number of likely N-dealkylation sites (N-methyl/N-ethyl adjacent to an activating group) is 1. The summed E-state index contributed by atoms with van der Waals surface area (Å²) in [6.07, 6.45) is 1.79. The molecule has 0 atom stereocenters. The van der Waals surface area contributed by atoms with Crippen LogP contribution in [0.15, 0.2) is 24.4 Å². The van der Waals surface area contributed by atoms with E-state index in [0.29, 0.717) is 6.54 Å². The number of carbonyl (C=O) groups excluding carboxylic acids is 1. The van der Waals surface area contributed by atoms with Crippen molar-refractivity contribution in [2.24, 2.45) is 0 Å². The highest BCUT2D eigenvalue weighted by Crippen LogP contribution is 2.21. The number of aromatic amines is 1. The van der Waals surface area contributed by atoms with Gasteiger partial charge in [0.25, 0.3) is 0 Å². The maximum absolute atomic E-state index is 11.9. The molecular weight excluding hydrogens is 315 g/mol. The fourth-order valence-corrected chi connectivity index (χ4v) is 2.15. The molecule has 4 heteroatoms. The zero-order valence-electron chi connectivity index (χ0n) is 9.01. The Morgan fingerprint density at radius 3 is 3.06 bits per heavy atom. The second kappa shape index (κ2) is 4.97. The predicted octanol–water partition coefficient (Wildman–Crippen LogP) is 2.56. The summed E-state index contributed by atoms with van der Waals surface area (Å²) in [4.78, 5) is 15.0. The molecule has 0 saturated heterocycles. The number of nitrogens with one attached hydrogen (secondary N) is 2. The molecular formula is C12H13IN2O. The van der Waals surface area contributed by atoms with Crippen LogP contribution >= 0.6 is 22.6 Å². The SMILES string of the molecule is CCNCC(=O)c1c[nH]c2ccc(I)cc12. The lowest BCUT2D eigenvalue weighted by Crippen LogP contribution is -2.22. The van der Waals surface area contributed by atoms with Crippen LogP contribution < -0.4 is 5.32 Å². The molecule has 0 fully saturated rings. The Kier molecular flexibility index (Phi) is 3.60. The number of ketones is 1. The summed E-state index contributed by atoms with van der Waals surface area (Å²) in [5, 5.41) is 4.06. The van der Waals surface area contributed by atoms with E-state index in [2.05, 4.69) is 32.9 Å². The van der Waals surface area contributed by atoms with Gasteiger partial charge in [0, 0.05) is 26.2 Å². The second-order valence-corrected chi connectivity index (χ2v) is 4.84. The van der Waals surface area contributed by atoms with E-state index in [4.69, 9.17) is 0 Å². The standard InChI is InChI=1S/C12H13IN2O/c1-2-14-7-12(16)10-6-15-11-4-3-8(13)5-9(10)11/h3-6,14-15H,2,7H2,1H3. The maximum Gasteiger partial charge on any atom is 0.178 e. The fraction of sp³-hybridized carbons (Fsp3) is 0.250. The van der Waals surface area contributed by atoms with Crippen molar-refractivity contribution in [3.05, 3.63) is 33.5 Å². The van der Waals surface area contributed by atoms with Crippen LogP contribution in [0.3, 0.4) is 0 Å². The van der Waals surface area contributed by atoms with Crippen LogP contribution in [0.2, 0.25) is 0 Å². The van der Waals surface area contributed by atoms with Crippen molar-refractivity contribution in [1.82, 2.24) is 10.3 Å². The van der Waals surface area contributed by atoms with Crippen LogP contribution in [0.1, 0.15) is 17.3 Å². The summed E-state index contributed by atoms with van der Waals surface area (Å²) in [5.41, 5.74) is 1.79. The van der Waals surface area contributed by atoms with E-state index in [1.165, 1.54) is 0 Å². The van der Waals surface area contributed by atoms with E-state index < -0.39 is 0 Å². The van der Waals surface area contributed by atoms with Crippen LogP contribution in [0, 0.1) is 3.57 Å². The van der Waals surface area contributed by atoms with Gasteiger partial charge in [0.2, 0.25) is 0 Å². The van der Waals surface area contributed by atoms with Gasteiger partial charge in [-0.1, -0.05) is 6.92 Å². The van der Waals surface area contributed by atoms with E-state index in [0.717, 1.165) is 26.6 Å². The molecule has 0 aliphatic rings. The number of aromatic nitrogens is 1. The Hall–Kier alpha value is -0.880. The minimum absolute atomic E-state index is 0.134. The summed E-state index contributed by atoms with van der Waals surface area (Å²) < 4.78 is 1.14. The molecule has 0 radical (unpaired) electrons. The molecule has 1 aromatic heterocycles. The average Bonchev–Trinajstić information content (AvgIpc) is 2.68. The lowest BCUT2D eigenvalue weighted by atomic mass is 10.1. The molecule has 2 N–H and O–H groups in total. The number of benzene rings is 1. The van der Waals surface area contributed by atoms with Crippen LogP contribution in [0.4, 0.5) is 0 Å². The van der Waals surface area contributed by atoms with Crippen LogP contribution in [-0.4, -0.2) is 23.9 Å². The Labute approximate surface area is 108 Å². The molecule has 0 amide bonds. The molecule has 1 heterocycles. The van der Waals surface area contributed by atoms with Gasteiger partial charge in [-0.15, -0.1) is 0 Å². The van der Waals surface area contributed by atoms with Crippen molar-refractivity contribution >= 4 is 39.3 Å². The predicted molar refractivity (Wildman–Crippen MR) is 73.9 cm³/mol. The van der Waals surface area contributed by atoms with E-state index in [-0.39, 0.29) is 5.78 Å². The van der Waals surface area contributed by atoms with Gasteiger partial charge in [-0.3, -0.25) is 4.79 Å². The van der Waals surface area contributed by atoms with E-state index >= 15 is 0 Å².